The molecule has 0 saturated heterocycles. The third-order valence-corrected chi connectivity index (χ3v) is 2.64. The number of ether oxygens (including phenoxy) is 1. The molecule has 0 aliphatic rings. The van der Waals surface area contributed by atoms with Gasteiger partial charge in [-0.2, -0.15) is 13.2 Å². The van der Waals surface area contributed by atoms with Gasteiger partial charge in [-0.15, -0.1) is 4.99 Å². The molecule has 1 aromatic carbocycles. The van der Waals surface area contributed by atoms with Crippen LogP contribution in [0.25, 0.3) is 0 Å². The van der Waals surface area contributed by atoms with Crippen LogP contribution in [0.5, 0.6) is 5.88 Å². The van der Waals surface area contributed by atoms with Gasteiger partial charge in [0.1, 0.15) is 0 Å². The second-order valence-corrected chi connectivity index (χ2v) is 3.98. The van der Waals surface area contributed by atoms with Gasteiger partial charge in [-0.05, 0) is 6.07 Å². The smallest absolute Gasteiger partial charge is 0.435 e. The topological polar surface area (TPSA) is 51.5 Å². The lowest BCUT2D eigenvalue weighted by atomic mass is 10.0. The molecule has 0 bridgehead atoms. The largest absolute Gasteiger partial charge is 0.456 e. The number of benzene rings is 1. The zero-order valence-corrected chi connectivity index (χ0v) is 10.5. The van der Waals surface area contributed by atoms with Crippen LogP contribution >= 0.6 is 0 Å². The van der Waals surface area contributed by atoms with Crippen LogP contribution in [0.2, 0.25) is 0 Å². The number of aliphatic imine (C=N–C) groups is 1. The minimum Gasteiger partial charge on any atom is -0.435 e. The average Bonchev–Trinajstić information content (AvgIpc) is 2.47. The lowest BCUT2D eigenvalue weighted by Gasteiger charge is -2.30. The summed E-state index contributed by atoms with van der Waals surface area (Å²) in [5, 5.41) is 0. The maximum Gasteiger partial charge on any atom is 0.456 e. The Morgan fingerprint density at radius 3 is 2.24 bits per heavy atom. The Bertz CT molecular complexity index is 640. The van der Waals surface area contributed by atoms with Gasteiger partial charge >= 0.3 is 11.9 Å². The zero-order valence-electron chi connectivity index (χ0n) is 10.5. The van der Waals surface area contributed by atoms with Crippen molar-refractivity contribution in [1.82, 2.24) is 4.98 Å². The summed E-state index contributed by atoms with van der Waals surface area (Å²) in [7, 11) is 0. The van der Waals surface area contributed by atoms with Gasteiger partial charge < -0.3 is 4.74 Å². The van der Waals surface area contributed by atoms with E-state index in [-0.39, 0.29) is 11.4 Å². The van der Waals surface area contributed by atoms with Gasteiger partial charge in [0, 0.05) is 17.8 Å². The van der Waals surface area contributed by atoms with E-state index in [0.717, 1.165) is 18.2 Å². The van der Waals surface area contributed by atoms with Crippen LogP contribution in [0.15, 0.2) is 59.7 Å². The number of alkyl halides is 3. The molecule has 0 spiro atoms. The fourth-order valence-electron chi connectivity index (χ4n) is 1.72. The lowest BCUT2D eigenvalue weighted by molar-refractivity contribution is -0.252. The molecule has 108 valence electrons. The van der Waals surface area contributed by atoms with E-state index in [1.165, 1.54) is 42.6 Å². The van der Waals surface area contributed by atoms with E-state index in [2.05, 4.69) is 9.98 Å². The van der Waals surface area contributed by atoms with Crippen molar-refractivity contribution in [3.8, 4) is 5.88 Å². The van der Waals surface area contributed by atoms with E-state index >= 15 is 0 Å². The number of aromatic nitrogens is 1. The van der Waals surface area contributed by atoms with Gasteiger partial charge in [0.05, 0.1) is 0 Å². The van der Waals surface area contributed by atoms with E-state index in [1.807, 2.05) is 0 Å². The van der Waals surface area contributed by atoms with Crippen molar-refractivity contribution in [2.75, 3.05) is 0 Å². The number of carbonyl (C=O) groups excluding carboxylic acids is 1. The summed E-state index contributed by atoms with van der Waals surface area (Å²) in [5.74, 6) is -0.308. The maximum atomic E-state index is 13.5. The first-order valence-electron chi connectivity index (χ1n) is 5.81. The normalized spacial score (nSPS) is 13.9. The Balaban J connectivity index is 2.60. The van der Waals surface area contributed by atoms with Gasteiger partial charge in [0.25, 0.3) is 0 Å². The van der Waals surface area contributed by atoms with Crippen molar-refractivity contribution < 1.29 is 22.7 Å². The monoisotopic (exact) mass is 294 g/mol. The molecule has 0 N–H and O–H groups in total. The molecule has 1 heterocycles. The van der Waals surface area contributed by atoms with Crippen molar-refractivity contribution in [3.63, 3.8) is 0 Å². The molecule has 7 heteroatoms. The summed E-state index contributed by atoms with van der Waals surface area (Å²) in [4.78, 5) is 17.1. The molecule has 2 rings (SSSR count). The molecule has 0 aliphatic heterocycles. The Hall–Kier alpha value is -2.66. The SMILES string of the molecule is O=C=NC(Oc1ccccn1)(c1ccccc1)C(F)(F)F. The number of hydrogen-bond acceptors (Lipinski definition) is 4. The minimum absolute atomic E-state index is 0.308. The number of rotatable bonds is 4. The van der Waals surface area contributed by atoms with Crippen LogP contribution in [-0.2, 0) is 10.5 Å². The average molecular weight is 294 g/mol. The summed E-state index contributed by atoms with van der Waals surface area (Å²) in [6.45, 7) is 0. The zero-order chi connectivity index (χ0) is 15.3. The number of pyridine rings is 1. The van der Waals surface area contributed by atoms with Crippen LogP contribution < -0.4 is 4.74 Å². The van der Waals surface area contributed by atoms with Gasteiger partial charge in [0.15, 0.2) is 0 Å². The van der Waals surface area contributed by atoms with Crippen LogP contribution in [0, 0.1) is 0 Å². The molecule has 2 aromatic rings. The summed E-state index contributed by atoms with van der Waals surface area (Å²) >= 11 is 0. The Kier molecular flexibility index (Phi) is 4.05. The molecule has 0 aliphatic carbocycles. The molecule has 0 amide bonds. The first-order chi connectivity index (χ1) is 9.99. The fourth-order valence-corrected chi connectivity index (χ4v) is 1.72. The van der Waals surface area contributed by atoms with Gasteiger partial charge in [-0.1, -0.05) is 36.4 Å². The first kappa shape index (κ1) is 14.7. The van der Waals surface area contributed by atoms with Crippen molar-refractivity contribution in [1.29, 1.82) is 0 Å². The van der Waals surface area contributed by atoms with E-state index in [0.29, 0.717) is 0 Å². The molecule has 4 nitrogen and oxygen atoms in total. The lowest BCUT2D eigenvalue weighted by Crippen LogP contribution is -2.46. The van der Waals surface area contributed by atoms with Crippen molar-refractivity contribution >= 4 is 6.08 Å². The summed E-state index contributed by atoms with van der Waals surface area (Å²) < 4.78 is 45.5. The van der Waals surface area contributed by atoms with E-state index < -0.39 is 11.9 Å². The highest BCUT2D eigenvalue weighted by atomic mass is 19.4. The fraction of sp³-hybridized carbons (Fsp3) is 0.143. The van der Waals surface area contributed by atoms with Crippen LogP contribution in [0.4, 0.5) is 13.2 Å². The predicted molar refractivity (Wildman–Crippen MR) is 67.2 cm³/mol. The van der Waals surface area contributed by atoms with Crippen molar-refractivity contribution in [3.05, 3.63) is 60.3 Å². The number of halogens is 3. The summed E-state index contributed by atoms with van der Waals surface area (Å²) in [6, 6.07) is 10.9. The van der Waals surface area contributed by atoms with Crippen LogP contribution in [0.3, 0.4) is 0 Å². The summed E-state index contributed by atoms with van der Waals surface area (Å²) in [6.07, 6.45) is -2.76. The highest BCUT2D eigenvalue weighted by Crippen LogP contribution is 2.43. The number of isocyanates is 1. The third kappa shape index (κ3) is 2.93. The van der Waals surface area contributed by atoms with Crippen molar-refractivity contribution in [2.24, 2.45) is 4.99 Å². The number of nitrogens with zero attached hydrogens (tertiary/aromatic N) is 2. The highest BCUT2D eigenvalue weighted by Gasteiger charge is 2.60. The summed E-state index contributed by atoms with van der Waals surface area (Å²) in [5.41, 5.74) is -3.52. The van der Waals surface area contributed by atoms with E-state index in [9.17, 15) is 18.0 Å². The first-order valence-corrected chi connectivity index (χ1v) is 5.81. The van der Waals surface area contributed by atoms with Gasteiger partial charge in [0.2, 0.25) is 12.0 Å². The Labute approximate surface area is 117 Å². The second kappa shape index (κ2) is 5.76. The van der Waals surface area contributed by atoms with E-state index in [1.54, 1.807) is 0 Å². The molecular weight excluding hydrogens is 285 g/mol. The second-order valence-electron chi connectivity index (χ2n) is 3.98. The molecule has 1 atom stereocenters. The third-order valence-electron chi connectivity index (χ3n) is 2.64. The number of hydrogen-bond donors (Lipinski definition) is 0. The predicted octanol–water partition coefficient (Wildman–Crippen LogP) is 3.21. The Morgan fingerprint density at radius 2 is 1.71 bits per heavy atom. The van der Waals surface area contributed by atoms with E-state index in [4.69, 9.17) is 4.74 Å². The minimum atomic E-state index is -4.97. The molecular formula is C14H9F3N2O2. The quantitative estimate of drug-likeness (QED) is 0.642. The molecule has 0 radical (unpaired) electrons. The van der Waals surface area contributed by atoms with Gasteiger partial charge in [-0.3, -0.25) is 0 Å². The van der Waals surface area contributed by atoms with Crippen LogP contribution in [0.1, 0.15) is 5.56 Å². The molecule has 1 aromatic heterocycles. The molecule has 1 unspecified atom stereocenters. The Morgan fingerprint density at radius 1 is 1.05 bits per heavy atom. The van der Waals surface area contributed by atoms with Crippen LogP contribution in [-0.4, -0.2) is 17.2 Å². The highest BCUT2D eigenvalue weighted by molar-refractivity contribution is 5.38. The maximum absolute atomic E-state index is 13.5. The molecule has 0 fully saturated rings. The molecule has 0 saturated carbocycles. The molecule has 21 heavy (non-hydrogen) atoms. The van der Waals surface area contributed by atoms with Gasteiger partial charge in [-0.25, -0.2) is 9.78 Å². The van der Waals surface area contributed by atoms with Crippen molar-refractivity contribution in [2.45, 2.75) is 11.9 Å². The standard InChI is InChI=1S/C14H9F3N2O2/c15-14(16,17)13(19-10-20,11-6-2-1-3-7-11)21-12-8-4-5-9-18-12/h1-9H.